The molecule has 1 amide bonds. The van der Waals surface area contributed by atoms with Crippen molar-refractivity contribution < 1.29 is 9.53 Å². The maximum absolute atomic E-state index is 12.2. The molecule has 126 valence electrons. The van der Waals surface area contributed by atoms with E-state index >= 15 is 0 Å². The third kappa shape index (κ3) is 4.38. The van der Waals surface area contributed by atoms with Crippen LogP contribution in [0.3, 0.4) is 0 Å². The largest absolute Gasteiger partial charge is 0.364 e. The van der Waals surface area contributed by atoms with Crippen LogP contribution in [-0.2, 0) is 9.53 Å². The van der Waals surface area contributed by atoms with Gasteiger partial charge in [-0.1, -0.05) is 0 Å². The Hall–Kier alpha value is -1.74. The molecular weight excluding hydrogens is 343 g/mol. The number of rotatable bonds is 4. The van der Waals surface area contributed by atoms with Gasteiger partial charge in [0, 0.05) is 12.7 Å². The van der Waals surface area contributed by atoms with E-state index in [-0.39, 0.29) is 36.8 Å². The van der Waals surface area contributed by atoms with Gasteiger partial charge in [0.25, 0.3) is 5.91 Å². The van der Waals surface area contributed by atoms with Gasteiger partial charge in [-0.25, -0.2) is 14.6 Å². The van der Waals surface area contributed by atoms with Crippen LogP contribution in [0.2, 0.25) is 0 Å². The summed E-state index contributed by atoms with van der Waals surface area (Å²) < 4.78 is 7.08. The molecule has 23 heavy (non-hydrogen) atoms. The van der Waals surface area contributed by atoms with E-state index in [0.29, 0.717) is 24.5 Å². The number of pyridine rings is 1. The lowest BCUT2D eigenvalue weighted by Gasteiger charge is -2.14. The minimum absolute atomic E-state index is 0. The number of carbonyl (C=O) groups excluding carboxylic acids is 1. The van der Waals surface area contributed by atoms with Gasteiger partial charge in [-0.15, -0.1) is 24.8 Å². The summed E-state index contributed by atoms with van der Waals surface area (Å²) in [6, 6.07) is 3.51. The topological polar surface area (TPSA) is 108 Å². The lowest BCUT2D eigenvalue weighted by atomic mass is 10.2. The van der Waals surface area contributed by atoms with Crippen LogP contribution in [0.15, 0.2) is 31.0 Å². The van der Waals surface area contributed by atoms with Crippen LogP contribution in [0, 0.1) is 0 Å². The van der Waals surface area contributed by atoms with Crippen molar-refractivity contribution in [3.63, 3.8) is 0 Å². The molecule has 0 unspecified atom stereocenters. The zero-order chi connectivity index (χ0) is 14.7. The van der Waals surface area contributed by atoms with E-state index in [1.54, 1.807) is 18.3 Å². The summed E-state index contributed by atoms with van der Waals surface area (Å²) in [4.78, 5) is 20.3. The lowest BCUT2D eigenvalue weighted by molar-refractivity contribution is -0.126. The van der Waals surface area contributed by atoms with Crippen LogP contribution in [0.1, 0.15) is 12.8 Å². The Kier molecular flexibility index (Phi) is 7.37. The van der Waals surface area contributed by atoms with Crippen LogP contribution >= 0.6 is 24.8 Å². The summed E-state index contributed by atoms with van der Waals surface area (Å²) >= 11 is 0. The molecule has 0 radical (unpaired) electrons. The van der Waals surface area contributed by atoms with Crippen LogP contribution in [0.25, 0.3) is 5.82 Å². The van der Waals surface area contributed by atoms with Crippen molar-refractivity contribution >= 4 is 36.4 Å². The Bertz CT molecular complexity index is 625. The Balaban J connectivity index is 0.00000132. The number of amides is 1. The number of halogens is 2. The number of nitrogens with zero attached hydrogens (tertiary/aromatic N) is 4. The maximum Gasteiger partial charge on any atom is 0.253 e. The fourth-order valence-corrected chi connectivity index (χ4v) is 2.28. The molecule has 0 aromatic carbocycles. The van der Waals surface area contributed by atoms with Gasteiger partial charge in [-0.2, -0.15) is 5.10 Å². The predicted octanol–water partition coefficient (Wildman–Crippen LogP) is 0.951. The third-order valence-electron chi connectivity index (χ3n) is 3.34. The maximum atomic E-state index is 12.2. The molecule has 1 fully saturated rings. The fraction of sp³-hybridized carbons (Fsp3) is 0.385. The average molecular weight is 361 g/mol. The number of hydrogen-bond acceptors (Lipinski definition) is 6. The molecule has 2 aromatic heterocycles. The van der Waals surface area contributed by atoms with Gasteiger partial charge in [0.1, 0.15) is 18.8 Å². The van der Waals surface area contributed by atoms with Gasteiger partial charge >= 0.3 is 0 Å². The lowest BCUT2D eigenvalue weighted by Crippen LogP contribution is -2.30. The van der Waals surface area contributed by atoms with E-state index in [4.69, 9.17) is 10.5 Å². The van der Waals surface area contributed by atoms with Crippen LogP contribution in [-0.4, -0.2) is 44.4 Å². The molecule has 3 N–H and O–H groups in total. The standard InChI is InChI=1S/C13H16N6O2.2ClH/c14-6-9-3-4-11(21-9)13(20)18-10-2-1-5-16-12(10)19-8-15-7-17-19;;/h1-2,5,7-9,11H,3-4,6,14H2,(H,18,20);2*1H/t9-,11+;;/m1../s1. The smallest absolute Gasteiger partial charge is 0.253 e. The van der Waals surface area contributed by atoms with Crippen LogP contribution < -0.4 is 11.1 Å². The second-order valence-corrected chi connectivity index (χ2v) is 4.76. The molecule has 3 rings (SSSR count). The number of ether oxygens (including phenoxy) is 1. The summed E-state index contributed by atoms with van der Waals surface area (Å²) in [6.07, 6.45) is 5.53. The minimum Gasteiger partial charge on any atom is -0.364 e. The molecule has 8 nitrogen and oxygen atoms in total. The average Bonchev–Trinajstić information content (AvgIpc) is 3.19. The first-order valence-corrected chi connectivity index (χ1v) is 6.74. The highest BCUT2D eigenvalue weighted by atomic mass is 35.5. The summed E-state index contributed by atoms with van der Waals surface area (Å²) in [5.41, 5.74) is 6.11. The number of hydrogen-bond donors (Lipinski definition) is 2. The van der Waals surface area contributed by atoms with E-state index < -0.39 is 6.10 Å². The van der Waals surface area contributed by atoms with Crippen molar-refractivity contribution in [1.29, 1.82) is 0 Å². The molecule has 3 heterocycles. The predicted molar refractivity (Wildman–Crippen MR) is 89.2 cm³/mol. The SMILES string of the molecule is Cl.Cl.NC[C@H]1CC[C@@H](C(=O)Nc2cccnc2-n2cncn2)O1. The summed E-state index contributed by atoms with van der Waals surface area (Å²) in [5.74, 6) is 0.317. The van der Waals surface area contributed by atoms with Gasteiger partial charge in [0.15, 0.2) is 5.82 Å². The Labute approximate surface area is 145 Å². The van der Waals surface area contributed by atoms with E-state index in [9.17, 15) is 4.79 Å². The molecule has 0 aliphatic carbocycles. The van der Waals surface area contributed by atoms with E-state index in [2.05, 4.69) is 20.4 Å². The summed E-state index contributed by atoms with van der Waals surface area (Å²) in [6.45, 7) is 0.431. The van der Waals surface area contributed by atoms with Crippen molar-refractivity contribution in [3.8, 4) is 5.82 Å². The molecule has 1 saturated heterocycles. The van der Waals surface area contributed by atoms with E-state index in [1.165, 1.54) is 17.3 Å². The normalized spacial score (nSPS) is 19.5. The summed E-state index contributed by atoms with van der Waals surface area (Å²) in [5, 5.41) is 6.85. The Morgan fingerprint density at radius 3 is 2.91 bits per heavy atom. The molecule has 0 spiro atoms. The van der Waals surface area contributed by atoms with Crippen molar-refractivity contribution in [2.75, 3.05) is 11.9 Å². The van der Waals surface area contributed by atoms with Crippen molar-refractivity contribution in [2.24, 2.45) is 5.73 Å². The quantitative estimate of drug-likeness (QED) is 0.840. The molecule has 2 aromatic rings. The first-order chi connectivity index (χ1) is 10.3. The molecule has 2 atom stereocenters. The number of anilines is 1. The highest BCUT2D eigenvalue weighted by molar-refractivity contribution is 5.95. The second-order valence-electron chi connectivity index (χ2n) is 4.76. The van der Waals surface area contributed by atoms with Crippen LogP contribution in [0.4, 0.5) is 5.69 Å². The Morgan fingerprint density at radius 2 is 2.26 bits per heavy atom. The molecular formula is C13H18Cl2N6O2. The first kappa shape index (κ1) is 19.3. The summed E-state index contributed by atoms with van der Waals surface area (Å²) in [7, 11) is 0. The molecule has 0 bridgehead atoms. The number of nitrogens with one attached hydrogen (secondary N) is 1. The zero-order valence-electron chi connectivity index (χ0n) is 12.2. The van der Waals surface area contributed by atoms with Crippen LogP contribution in [0.5, 0.6) is 0 Å². The highest BCUT2D eigenvalue weighted by Gasteiger charge is 2.30. The molecule has 10 heteroatoms. The number of nitrogens with two attached hydrogens (primary N) is 1. The molecule has 0 saturated carbocycles. The van der Waals surface area contributed by atoms with Crippen molar-refractivity contribution in [1.82, 2.24) is 19.7 Å². The Morgan fingerprint density at radius 1 is 1.43 bits per heavy atom. The third-order valence-corrected chi connectivity index (χ3v) is 3.34. The molecule has 1 aliphatic rings. The number of carbonyl (C=O) groups is 1. The minimum atomic E-state index is -0.470. The van der Waals surface area contributed by atoms with Gasteiger partial charge in [0.2, 0.25) is 0 Å². The van der Waals surface area contributed by atoms with Gasteiger partial charge in [0.05, 0.1) is 11.8 Å². The monoisotopic (exact) mass is 360 g/mol. The second kappa shape index (κ2) is 8.78. The van der Waals surface area contributed by atoms with Gasteiger partial charge in [-0.3, -0.25) is 4.79 Å². The van der Waals surface area contributed by atoms with E-state index in [1.807, 2.05) is 0 Å². The van der Waals surface area contributed by atoms with Crippen molar-refractivity contribution in [3.05, 3.63) is 31.0 Å². The highest BCUT2D eigenvalue weighted by Crippen LogP contribution is 2.22. The van der Waals surface area contributed by atoms with Gasteiger partial charge < -0.3 is 15.8 Å². The first-order valence-electron chi connectivity index (χ1n) is 6.74. The molecule has 1 aliphatic heterocycles. The number of aromatic nitrogens is 4. The zero-order valence-corrected chi connectivity index (χ0v) is 13.8. The van der Waals surface area contributed by atoms with Crippen molar-refractivity contribution in [2.45, 2.75) is 25.0 Å². The van der Waals surface area contributed by atoms with E-state index in [0.717, 1.165) is 6.42 Å². The fourth-order valence-electron chi connectivity index (χ4n) is 2.28. The van der Waals surface area contributed by atoms with Gasteiger partial charge in [-0.05, 0) is 25.0 Å².